The molecule has 86 valence electrons. The van der Waals surface area contributed by atoms with E-state index in [1.807, 2.05) is 0 Å². The minimum atomic E-state index is 0.571. The number of nitrogens with zero attached hydrogens (tertiary/aromatic N) is 2. The maximum atomic E-state index is 5.21. The largest absolute Gasteiger partial charge is 0.305 e. The first-order valence-electron chi connectivity index (χ1n) is 5.73. The molecule has 1 aliphatic heterocycles. The maximum Gasteiger partial charge on any atom is 0.0574 e. The molecule has 1 aliphatic rings. The van der Waals surface area contributed by atoms with Crippen molar-refractivity contribution in [3.05, 3.63) is 0 Å². The molecule has 0 saturated carbocycles. The summed E-state index contributed by atoms with van der Waals surface area (Å²) in [6, 6.07) is 1.22. The molecule has 3 nitrogen and oxygen atoms in total. The summed E-state index contributed by atoms with van der Waals surface area (Å²) < 4.78 is 0. The highest BCUT2D eigenvalue weighted by Gasteiger charge is 2.24. The molecule has 1 fully saturated rings. The van der Waals surface area contributed by atoms with Crippen molar-refractivity contribution < 1.29 is 0 Å². The summed E-state index contributed by atoms with van der Waals surface area (Å²) in [5.74, 6) is 2.61. The van der Waals surface area contributed by atoms with E-state index in [0.717, 1.165) is 13.1 Å². The molecule has 1 saturated heterocycles. The first-order chi connectivity index (χ1) is 7.15. The Labute approximate surface area is 93.8 Å². The lowest BCUT2D eigenvalue weighted by atomic mass is 10.1. The van der Waals surface area contributed by atoms with E-state index in [-0.39, 0.29) is 0 Å². The molecule has 0 spiro atoms. The van der Waals surface area contributed by atoms with Gasteiger partial charge in [0, 0.05) is 38.3 Å². The number of hydrogen-bond donors (Lipinski definition) is 1. The van der Waals surface area contributed by atoms with E-state index in [1.54, 1.807) is 0 Å². The number of likely N-dealkylation sites (N-methyl/N-ethyl adjacent to an activating group) is 1. The van der Waals surface area contributed by atoms with Gasteiger partial charge in [-0.25, -0.2) is 0 Å². The summed E-state index contributed by atoms with van der Waals surface area (Å²) in [7, 11) is 2.19. The Balaban J connectivity index is 2.32. The fourth-order valence-electron chi connectivity index (χ4n) is 2.28. The predicted molar refractivity (Wildman–Crippen MR) is 64.8 cm³/mol. The van der Waals surface area contributed by atoms with Gasteiger partial charge >= 0.3 is 0 Å². The molecule has 0 aromatic heterocycles. The lowest BCUT2D eigenvalue weighted by Crippen LogP contribution is -2.55. The van der Waals surface area contributed by atoms with Gasteiger partial charge in [0.1, 0.15) is 0 Å². The molecule has 0 aromatic carbocycles. The normalized spacial score (nSPS) is 26.1. The van der Waals surface area contributed by atoms with Crippen LogP contribution in [0.4, 0.5) is 0 Å². The standard InChI is InChI=1S/C12H23N3/c1-5-6-13-9-11(2)15-8-7-14(4)10-12(15)3/h1,11-13H,6-10H2,2-4H3. The molecular weight excluding hydrogens is 186 g/mol. The smallest absolute Gasteiger partial charge is 0.0574 e. The van der Waals surface area contributed by atoms with Crippen LogP contribution < -0.4 is 5.32 Å². The molecule has 0 aliphatic carbocycles. The van der Waals surface area contributed by atoms with E-state index in [0.29, 0.717) is 18.6 Å². The van der Waals surface area contributed by atoms with Gasteiger partial charge in [-0.3, -0.25) is 4.90 Å². The summed E-state index contributed by atoms with van der Waals surface area (Å²) in [6.07, 6.45) is 5.21. The van der Waals surface area contributed by atoms with Gasteiger partial charge in [0.15, 0.2) is 0 Å². The SMILES string of the molecule is C#CCNCC(C)N1CCN(C)CC1C. The average molecular weight is 209 g/mol. The maximum absolute atomic E-state index is 5.21. The van der Waals surface area contributed by atoms with Crippen LogP contribution in [0, 0.1) is 12.3 Å². The van der Waals surface area contributed by atoms with Crippen LogP contribution in [-0.4, -0.2) is 61.7 Å². The summed E-state index contributed by atoms with van der Waals surface area (Å²) in [6.45, 7) is 9.73. The van der Waals surface area contributed by atoms with Crippen molar-refractivity contribution in [2.75, 3.05) is 39.8 Å². The van der Waals surface area contributed by atoms with Crippen molar-refractivity contribution in [1.82, 2.24) is 15.1 Å². The number of terminal acetylenes is 1. The fraction of sp³-hybridized carbons (Fsp3) is 0.833. The van der Waals surface area contributed by atoms with Gasteiger partial charge < -0.3 is 10.2 Å². The van der Waals surface area contributed by atoms with E-state index >= 15 is 0 Å². The van der Waals surface area contributed by atoms with Gasteiger partial charge in [0.25, 0.3) is 0 Å². The number of nitrogens with one attached hydrogen (secondary N) is 1. The molecule has 1 heterocycles. The molecule has 2 unspecified atom stereocenters. The van der Waals surface area contributed by atoms with Gasteiger partial charge in [-0.1, -0.05) is 5.92 Å². The minimum absolute atomic E-state index is 0.571. The third kappa shape index (κ3) is 3.83. The van der Waals surface area contributed by atoms with Crippen molar-refractivity contribution in [3.8, 4) is 12.3 Å². The molecule has 2 atom stereocenters. The topological polar surface area (TPSA) is 18.5 Å². The zero-order valence-corrected chi connectivity index (χ0v) is 10.2. The molecule has 0 amide bonds. The first-order valence-corrected chi connectivity index (χ1v) is 5.73. The van der Waals surface area contributed by atoms with Gasteiger partial charge in [-0.15, -0.1) is 6.42 Å². The van der Waals surface area contributed by atoms with Crippen LogP contribution in [0.2, 0.25) is 0 Å². The molecule has 3 heteroatoms. The van der Waals surface area contributed by atoms with Crippen molar-refractivity contribution in [2.24, 2.45) is 0 Å². The minimum Gasteiger partial charge on any atom is -0.305 e. The van der Waals surface area contributed by atoms with E-state index in [1.165, 1.54) is 13.1 Å². The van der Waals surface area contributed by atoms with Crippen LogP contribution in [0.3, 0.4) is 0 Å². The second-order valence-electron chi connectivity index (χ2n) is 4.53. The van der Waals surface area contributed by atoms with E-state index < -0.39 is 0 Å². The number of rotatable bonds is 4. The number of piperazine rings is 1. The summed E-state index contributed by atoms with van der Waals surface area (Å²) in [4.78, 5) is 4.95. The molecule has 0 bridgehead atoms. The monoisotopic (exact) mass is 209 g/mol. The lowest BCUT2D eigenvalue weighted by Gasteiger charge is -2.41. The third-order valence-electron chi connectivity index (χ3n) is 3.11. The van der Waals surface area contributed by atoms with Crippen molar-refractivity contribution in [2.45, 2.75) is 25.9 Å². The Morgan fingerprint density at radius 3 is 2.87 bits per heavy atom. The second kappa shape index (κ2) is 6.12. The van der Waals surface area contributed by atoms with E-state index in [9.17, 15) is 0 Å². The Bertz CT molecular complexity index is 221. The predicted octanol–water partition coefficient (Wildman–Crippen LogP) is 0.234. The molecule has 0 aromatic rings. The van der Waals surface area contributed by atoms with Gasteiger partial charge in [0.05, 0.1) is 6.54 Å². The van der Waals surface area contributed by atoms with Crippen LogP contribution in [0.1, 0.15) is 13.8 Å². The van der Waals surface area contributed by atoms with Crippen LogP contribution in [0.5, 0.6) is 0 Å². The van der Waals surface area contributed by atoms with Crippen LogP contribution in [0.25, 0.3) is 0 Å². The van der Waals surface area contributed by atoms with Gasteiger partial charge in [-0.2, -0.15) is 0 Å². The highest BCUT2D eigenvalue weighted by Crippen LogP contribution is 2.11. The highest BCUT2D eigenvalue weighted by atomic mass is 15.3. The summed E-state index contributed by atoms with van der Waals surface area (Å²) in [5, 5.41) is 3.27. The zero-order valence-electron chi connectivity index (χ0n) is 10.2. The molecule has 0 radical (unpaired) electrons. The van der Waals surface area contributed by atoms with Crippen molar-refractivity contribution >= 4 is 0 Å². The Hall–Kier alpha value is -0.560. The Kier molecular flexibility index (Phi) is 5.10. The molecular formula is C12H23N3. The van der Waals surface area contributed by atoms with Crippen LogP contribution in [0.15, 0.2) is 0 Å². The van der Waals surface area contributed by atoms with Gasteiger partial charge in [0.2, 0.25) is 0 Å². The fourth-order valence-corrected chi connectivity index (χ4v) is 2.28. The highest BCUT2D eigenvalue weighted by molar-refractivity contribution is 4.88. The van der Waals surface area contributed by atoms with E-state index in [4.69, 9.17) is 6.42 Å². The first kappa shape index (κ1) is 12.5. The summed E-state index contributed by atoms with van der Waals surface area (Å²) >= 11 is 0. The molecule has 15 heavy (non-hydrogen) atoms. The van der Waals surface area contributed by atoms with E-state index in [2.05, 4.69) is 41.9 Å². The lowest BCUT2D eigenvalue weighted by molar-refractivity contribution is 0.0678. The summed E-state index contributed by atoms with van der Waals surface area (Å²) in [5.41, 5.74) is 0. The zero-order chi connectivity index (χ0) is 11.3. The van der Waals surface area contributed by atoms with Crippen molar-refractivity contribution in [1.29, 1.82) is 0 Å². The average Bonchev–Trinajstić information content (AvgIpc) is 2.17. The second-order valence-corrected chi connectivity index (χ2v) is 4.53. The third-order valence-corrected chi connectivity index (χ3v) is 3.11. The van der Waals surface area contributed by atoms with Crippen molar-refractivity contribution in [3.63, 3.8) is 0 Å². The molecule has 1 rings (SSSR count). The van der Waals surface area contributed by atoms with Gasteiger partial charge in [-0.05, 0) is 20.9 Å². The van der Waals surface area contributed by atoms with Crippen LogP contribution in [-0.2, 0) is 0 Å². The Morgan fingerprint density at radius 2 is 2.27 bits per heavy atom. The quantitative estimate of drug-likeness (QED) is 0.528. The number of hydrogen-bond acceptors (Lipinski definition) is 3. The van der Waals surface area contributed by atoms with Crippen LogP contribution >= 0.6 is 0 Å². The Morgan fingerprint density at radius 1 is 1.53 bits per heavy atom. The molecule has 1 N–H and O–H groups in total.